The molecule has 2 heterocycles. The zero-order valence-electron chi connectivity index (χ0n) is 29.1. The monoisotopic (exact) mass is 732 g/mol. The minimum atomic E-state index is -1.45. The number of hydrogen-bond acceptors (Lipinski definition) is 8. The molecule has 1 aliphatic carbocycles. The van der Waals surface area contributed by atoms with Gasteiger partial charge in [-0.1, -0.05) is 55.5 Å². The Bertz CT molecular complexity index is 2370. The number of carboxylic acid groups (broad SMARTS) is 1. The first kappa shape index (κ1) is 35.6. The molecule has 274 valence electrons. The van der Waals surface area contributed by atoms with Crippen LogP contribution in [0.2, 0.25) is 0 Å². The molecule has 0 spiro atoms. The number of nitrogens with one attached hydrogen (secondary N) is 3. The highest BCUT2D eigenvalue weighted by Gasteiger charge is 2.30. The van der Waals surface area contributed by atoms with Gasteiger partial charge in [-0.15, -0.1) is 0 Å². The summed E-state index contributed by atoms with van der Waals surface area (Å²) in [6, 6.07) is 22.0. The standard InChI is InChI=1S/C40H34F2N6O6/c1-3-22-18-23(46-36-37-44-20-32(48(37)17-16-43-36)29-14-15-33(53-2)35(42)34(29)41)12-13-24(22)38(49)45-19-31(39(50)51)47-40(52)54-21-30-27-10-6-4-8-25(27)26-9-5-7-11-28(26)30/h4-18,20,30-31H,3,19,21H2,1-2H3,(H,43,46)(H,45,49)(H,47,52)(H,50,51). The number of rotatable bonds is 12. The maximum Gasteiger partial charge on any atom is 0.407 e. The molecule has 4 aromatic carbocycles. The molecule has 0 radical (unpaired) electrons. The van der Waals surface area contributed by atoms with E-state index in [9.17, 15) is 28.3 Å². The van der Waals surface area contributed by atoms with Crippen molar-refractivity contribution in [3.63, 3.8) is 0 Å². The van der Waals surface area contributed by atoms with Crippen LogP contribution in [0.5, 0.6) is 5.75 Å². The van der Waals surface area contributed by atoms with Crippen LogP contribution < -0.4 is 20.7 Å². The first-order chi connectivity index (χ1) is 26.2. The number of fused-ring (bicyclic) bond motifs is 4. The summed E-state index contributed by atoms with van der Waals surface area (Å²) in [4.78, 5) is 46.9. The van der Waals surface area contributed by atoms with Crippen LogP contribution in [-0.4, -0.2) is 63.7 Å². The van der Waals surface area contributed by atoms with E-state index in [-0.39, 0.29) is 23.8 Å². The molecule has 14 heteroatoms. The molecule has 2 aromatic heterocycles. The molecule has 0 bridgehead atoms. The molecule has 6 aromatic rings. The van der Waals surface area contributed by atoms with Crippen molar-refractivity contribution >= 4 is 35.1 Å². The fourth-order valence-corrected chi connectivity index (χ4v) is 6.69. The number of carboxylic acids is 1. The van der Waals surface area contributed by atoms with Crippen LogP contribution in [0.25, 0.3) is 28.0 Å². The van der Waals surface area contributed by atoms with Gasteiger partial charge in [-0.05, 0) is 64.6 Å². The van der Waals surface area contributed by atoms with E-state index in [1.54, 1.807) is 28.8 Å². The van der Waals surface area contributed by atoms with Gasteiger partial charge in [0.25, 0.3) is 5.91 Å². The summed E-state index contributed by atoms with van der Waals surface area (Å²) in [7, 11) is 1.25. The summed E-state index contributed by atoms with van der Waals surface area (Å²) in [6.45, 7) is 1.47. The van der Waals surface area contributed by atoms with Crippen LogP contribution in [0.3, 0.4) is 0 Å². The highest BCUT2D eigenvalue weighted by Crippen LogP contribution is 2.44. The molecular formula is C40H34F2N6O6. The Morgan fingerprint density at radius 3 is 2.33 bits per heavy atom. The lowest BCUT2D eigenvalue weighted by Crippen LogP contribution is -2.48. The van der Waals surface area contributed by atoms with Crippen LogP contribution in [0, 0.1) is 11.6 Å². The number of aliphatic carboxylic acids is 1. The third kappa shape index (κ3) is 6.76. The zero-order valence-corrected chi connectivity index (χ0v) is 29.1. The third-order valence-corrected chi connectivity index (χ3v) is 9.36. The number of halogens is 2. The largest absolute Gasteiger partial charge is 0.494 e. The van der Waals surface area contributed by atoms with Crippen LogP contribution >= 0.6 is 0 Å². The summed E-state index contributed by atoms with van der Waals surface area (Å²) < 4.78 is 41.3. The smallest absolute Gasteiger partial charge is 0.407 e. The lowest BCUT2D eigenvalue weighted by Gasteiger charge is -2.18. The van der Waals surface area contributed by atoms with E-state index in [1.165, 1.54) is 31.6 Å². The van der Waals surface area contributed by atoms with E-state index >= 15 is 0 Å². The second-order valence-electron chi connectivity index (χ2n) is 12.5. The Kier molecular flexibility index (Phi) is 9.90. The highest BCUT2D eigenvalue weighted by molar-refractivity contribution is 5.97. The summed E-state index contributed by atoms with van der Waals surface area (Å²) in [5, 5.41) is 18.0. The lowest BCUT2D eigenvalue weighted by molar-refractivity contribution is -0.139. The number of aromatic nitrogens is 3. The fourth-order valence-electron chi connectivity index (χ4n) is 6.69. The number of nitrogens with zero attached hydrogens (tertiary/aromatic N) is 3. The third-order valence-electron chi connectivity index (χ3n) is 9.36. The van der Waals surface area contributed by atoms with Gasteiger partial charge in [0, 0.05) is 41.7 Å². The predicted molar refractivity (Wildman–Crippen MR) is 196 cm³/mol. The molecule has 12 nitrogen and oxygen atoms in total. The van der Waals surface area contributed by atoms with Crippen molar-refractivity contribution in [1.29, 1.82) is 0 Å². The summed E-state index contributed by atoms with van der Waals surface area (Å²) in [5.41, 5.74) is 6.29. The molecule has 0 saturated carbocycles. The molecule has 7 rings (SSSR count). The van der Waals surface area contributed by atoms with Gasteiger partial charge in [0.15, 0.2) is 23.0 Å². The van der Waals surface area contributed by atoms with Crippen LogP contribution in [-0.2, 0) is 16.0 Å². The quantitative estimate of drug-likeness (QED) is 0.107. The number of hydrogen-bond donors (Lipinski definition) is 4. The second kappa shape index (κ2) is 15.0. The van der Waals surface area contributed by atoms with Gasteiger partial charge in [-0.3, -0.25) is 9.20 Å². The lowest BCUT2D eigenvalue weighted by atomic mass is 9.98. The van der Waals surface area contributed by atoms with Gasteiger partial charge < -0.3 is 30.5 Å². The van der Waals surface area contributed by atoms with E-state index in [1.807, 2.05) is 55.5 Å². The zero-order chi connectivity index (χ0) is 37.9. The van der Waals surface area contributed by atoms with E-state index in [0.717, 1.165) is 22.3 Å². The SMILES string of the molecule is CCc1cc(Nc2nccn3c(-c4ccc(OC)c(F)c4F)cnc23)ccc1C(=O)NCC(NC(=O)OCC1c2ccccc2-c2ccccc21)C(=O)O. The van der Waals surface area contributed by atoms with Gasteiger partial charge in [0.05, 0.1) is 19.0 Å². The van der Waals surface area contributed by atoms with Crippen molar-refractivity contribution in [2.24, 2.45) is 0 Å². The molecule has 2 amide bonds. The fraction of sp³-hybridized carbons (Fsp3) is 0.175. The normalized spacial score (nSPS) is 12.4. The number of carbonyl (C=O) groups is 3. The minimum Gasteiger partial charge on any atom is -0.494 e. The number of benzene rings is 4. The van der Waals surface area contributed by atoms with E-state index < -0.39 is 42.2 Å². The number of methoxy groups -OCH3 is 1. The van der Waals surface area contributed by atoms with E-state index in [4.69, 9.17) is 9.47 Å². The molecule has 0 fully saturated rings. The first-order valence-corrected chi connectivity index (χ1v) is 17.0. The van der Waals surface area contributed by atoms with Crippen molar-refractivity contribution < 1.29 is 37.7 Å². The number of anilines is 2. The predicted octanol–water partition coefficient (Wildman–Crippen LogP) is 6.71. The van der Waals surface area contributed by atoms with Gasteiger partial charge in [0.1, 0.15) is 12.6 Å². The Labute approximate surface area is 307 Å². The van der Waals surface area contributed by atoms with E-state index in [2.05, 4.69) is 25.9 Å². The summed E-state index contributed by atoms with van der Waals surface area (Å²) in [6.07, 6.45) is 3.99. The van der Waals surface area contributed by atoms with Gasteiger partial charge >= 0.3 is 12.1 Å². The molecule has 0 saturated heterocycles. The average molecular weight is 733 g/mol. The summed E-state index contributed by atoms with van der Waals surface area (Å²) in [5.74, 6) is -4.17. The molecule has 4 N–H and O–H groups in total. The number of amides is 2. The summed E-state index contributed by atoms with van der Waals surface area (Å²) >= 11 is 0. The second-order valence-corrected chi connectivity index (χ2v) is 12.5. The van der Waals surface area contributed by atoms with Crippen LogP contribution in [0.1, 0.15) is 39.9 Å². The maximum atomic E-state index is 14.9. The van der Waals surface area contributed by atoms with Crippen LogP contribution in [0.15, 0.2) is 97.5 Å². The molecule has 1 aliphatic rings. The maximum absolute atomic E-state index is 14.9. The highest BCUT2D eigenvalue weighted by atomic mass is 19.2. The molecule has 1 unspecified atom stereocenters. The molecule has 54 heavy (non-hydrogen) atoms. The van der Waals surface area contributed by atoms with Crippen molar-refractivity contribution in [2.75, 3.05) is 25.6 Å². The average Bonchev–Trinajstić information content (AvgIpc) is 3.76. The molecule has 1 atom stereocenters. The topological polar surface area (TPSA) is 156 Å². The van der Waals surface area contributed by atoms with Crippen LogP contribution in [0.4, 0.5) is 25.1 Å². The number of ether oxygens (including phenoxy) is 2. The van der Waals surface area contributed by atoms with Gasteiger partial charge in [0.2, 0.25) is 5.82 Å². The van der Waals surface area contributed by atoms with Crippen molar-refractivity contribution in [1.82, 2.24) is 25.0 Å². The molecule has 0 aliphatic heterocycles. The van der Waals surface area contributed by atoms with E-state index in [0.29, 0.717) is 40.4 Å². The Hall–Kier alpha value is -6.83. The Balaban J connectivity index is 0.997. The number of aryl methyl sites for hydroxylation is 1. The van der Waals surface area contributed by atoms with Crippen molar-refractivity contribution in [2.45, 2.75) is 25.3 Å². The number of carbonyl (C=O) groups excluding carboxylic acids is 2. The Morgan fingerprint density at radius 1 is 0.926 bits per heavy atom. The number of imidazole rings is 1. The number of alkyl carbamates (subject to hydrolysis) is 1. The Morgan fingerprint density at radius 2 is 1.65 bits per heavy atom. The minimum absolute atomic E-state index is 0.00572. The first-order valence-electron chi connectivity index (χ1n) is 17.0. The van der Waals surface area contributed by atoms with Crippen molar-refractivity contribution in [3.8, 4) is 28.1 Å². The van der Waals surface area contributed by atoms with Gasteiger partial charge in [-0.25, -0.2) is 23.9 Å². The van der Waals surface area contributed by atoms with Crippen molar-refractivity contribution in [3.05, 3.63) is 131 Å². The molecular weight excluding hydrogens is 698 g/mol. The van der Waals surface area contributed by atoms with Gasteiger partial charge in [-0.2, -0.15) is 4.39 Å².